The second-order valence-corrected chi connectivity index (χ2v) is 8.92. The van der Waals surface area contributed by atoms with Gasteiger partial charge in [0, 0.05) is 0 Å². The molecule has 1 saturated carbocycles. The molecule has 0 aliphatic heterocycles. The normalized spacial score (nSPS) is 22.5. The van der Waals surface area contributed by atoms with E-state index in [1.807, 2.05) is 30.3 Å². The lowest BCUT2D eigenvalue weighted by atomic mass is 9.73. The van der Waals surface area contributed by atoms with Crippen LogP contribution >= 0.6 is 0 Å². The molecule has 0 spiro atoms. The summed E-state index contributed by atoms with van der Waals surface area (Å²) in [7, 11) is 0. The smallest absolute Gasteiger partial charge is 0.408 e. The Balaban J connectivity index is 2.14. The number of hydrogen-bond acceptors (Lipinski definition) is 5. The molecule has 0 aromatic heterocycles. The van der Waals surface area contributed by atoms with E-state index in [9.17, 15) is 9.59 Å². The number of nitrogens with one attached hydrogen (secondary N) is 1. The van der Waals surface area contributed by atoms with E-state index >= 15 is 0 Å². The second kappa shape index (κ2) is 7.89. The monoisotopic (exact) mass is 377 g/mol. The van der Waals surface area contributed by atoms with E-state index in [1.165, 1.54) is 0 Å². The van der Waals surface area contributed by atoms with Crippen LogP contribution in [0.4, 0.5) is 4.79 Å². The molecule has 1 aliphatic carbocycles. The molecular weight excluding hydrogens is 346 g/mol. The number of carbonyl (C=O) groups is 2. The van der Waals surface area contributed by atoms with Gasteiger partial charge in [-0.15, -0.1) is 0 Å². The molecule has 1 fully saturated rings. The number of benzene rings is 1. The number of rotatable bonds is 5. The predicted octanol–water partition coefficient (Wildman–Crippen LogP) is 3.97. The van der Waals surface area contributed by atoms with E-state index in [0.717, 1.165) is 5.56 Å². The van der Waals surface area contributed by atoms with Crippen LogP contribution in [0.3, 0.4) is 0 Å². The van der Waals surface area contributed by atoms with Crippen molar-refractivity contribution in [2.45, 2.75) is 83.8 Å². The van der Waals surface area contributed by atoms with Crippen molar-refractivity contribution in [3.8, 4) is 0 Å². The Morgan fingerprint density at radius 2 is 1.63 bits per heavy atom. The van der Waals surface area contributed by atoms with Crippen LogP contribution in [0.1, 0.15) is 59.9 Å². The molecule has 2 atom stereocenters. The first-order chi connectivity index (χ1) is 12.4. The number of amides is 1. The number of hydrogen-bond donors (Lipinski definition) is 1. The van der Waals surface area contributed by atoms with Crippen LogP contribution in [0.5, 0.6) is 0 Å². The summed E-state index contributed by atoms with van der Waals surface area (Å²) in [5.74, 6) is -0.495. The minimum atomic E-state index is -1.23. The van der Waals surface area contributed by atoms with Crippen molar-refractivity contribution in [2.75, 3.05) is 0 Å². The van der Waals surface area contributed by atoms with Gasteiger partial charge in [0.15, 0.2) is 5.54 Å². The van der Waals surface area contributed by atoms with Crippen LogP contribution in [-0.2, 0) is 25.6 Å². The summed E-state index contributed by atoms with van der Waals surface area (Å²) in [5, 5.41) is 2.73. The van der Waals surface area contributed by atoms with Crippen molar-refractivity contribution in [1.29, 1.82) is 0 Å². The number of alkyl carbamates (subject to hydrolysis) is 1. The van der Waals surface area contributed by atoms with Crippen molar-refractivity contribution in [1.82, 2.24) is 5.32 Å². The standard InChI is InChI=1S/C21H31NO5/c1-19(2,3)26-17(23)21(22-18(24)27-20(4,5)6)13-12-16(21)25-14-15-10-8-7-9-11-15/h7-11,16H,12-14H2,1-6H3,(H,22,24). The van der Waals surface area contributed by atoms with Gasteiger partial charge >= 0.3 is 12.1 Å². The molecule has 0 saturated heterocycles. The number of esters is 1. The van der Waals surface area contributed by atoms with Crippen LogP contribution in [0.2, 0.25) is 0 Å². The fourth-order valence-electron chi connectivity index (χ4n) is 2.83. The summed E-state index contributed by atoms with van der Waals surface area (Å²) in [6.07, 6.45) is -0.0240. The van der Waals surface area contributed by atoms with Gasteiger partial charge in [0.2, 0.25) is 0 Å². The maximum Gasteiger partial charge on any atom is 0.408 e. The number of ether oxygens (including phenoxy) is 3. The average molecular weight is 377 g/mol. The highest BCUT2D eigenvalue weighted by atomic mass is 16.6. The Kier molecular flexibility index (Phi) is 6.20. The van der Waals surface area contributed by atoms with Crippen molar-refractivity contribution in [2.24, 2.45) is 0 Å². The van der Waals surface area contributed by atoms with Crippen molar-refractivity contribution in [3.63, 3.8) is 0 Å². The molecular formula is C21H31NO5. The largest absolute Gasteiger partial charge is 0.458 e. The van der Waals surface area contributed by atoms with Crippen LogP contribution in [0.25, 0.3) is 0 Å². The fraction of sp³-hybridized carbons (Fsp3) is 0.619. The minimum Gasteiger partial charge on any atom is -0.458 e. The molecule has 27 heavy (non-hydrogen) atoms. The van der Waals surface area contributed by atoms with Crippen LogP contribution in [0.15, 0.2) is 30.3 Å². The molecule has 2 unspecified atom stereocenters. The van der Waals surface area contributed by atoms with Gasteiger partial charge in [-0.3, -0.25) is 0 Å². The van der Waals surface area contributed by atoms with Crippen LogP contribution < -0.4 is 5.32 Å². The van der Waals surface area contributed by atoms with Gasteiger partial charge in [0.25, 0.3) is 0 Å². The molecule has 6 nitrogen and oxygen atoms in total. The first-order valence-corrected chi connectivity index (χ1v) is 9.31. The predicted molar refractivity (Wildman–Crippen MR) is 102 cm³/mol. The van der Waals surface area contributed by atoms with E-state index in [2.05, 4.69) is 5.32 Å². The molecule has 0 radical (unpaired) electrons. The Bertz CT molecular complexity index is 659. The van der Waals surface area contributed by atoms with Gasteiger partial charge in [-0.05, 0) is 59.9 Å². The minimum absolute atomic E-state index is 0.353. The lowest BCUT2D eigenvalue weighted by Gasteiger charge is -2.47. The molecule has 2 rings (SSSR count). The Morgan fingerprint density at radius 1 is 1.04 bits per heavy atom. The van der Waals surface area contributed by atoms with E-state index in [-0.39, 0.29) is 0 Å². The summed E-state index contributed by atoms with van der Waals surface area (Å²) in [6, 6.07) is 9.70. The molecule has 0 heterocycles. The zero-order chi connectivity index (χ0) is 20.3. The number of carbonyl (C=O) groups excluding carboxylic acids is 2. The van der Waals surface area contributed by atoms with E-state index in [0.29, 0.717) is 19.4 Å². The highest BCUT2D eigenvalue weighted by molar-refractivity contribution is 5.88. The third-order valence-corrected chi connectivity index (χ3v) is 4.13. The van der Waals surface area contributed by atoms with Gasteiger partial charge in [0.05, 0.1) is 12.7 Å². The van der Waals surface area contributed by atoms with Gasteiger partial charge in [0.1, 0.15) is 11.2 Å². The quantitative estimate of drug-likeness (QED) is 0.786. The molecule has 6 heteroatoms. The lowest BCUT2D eigenvalue weighted by molar-refractivity contribution is -0.182. The molecule has 150 valence electrons. The SMILES string of the molecule is CC(C)(C)OC(=O)NC1(C(=O)OC(C)(C)C)CCC1OCc1ccccc1. The molecule has 1 aromatic carbocycles. The van der Waals surface area contributed by atoms with Gasteiger partial charge in [-0.25, -0.2) is 9.59 Å². The molecule has 1 amide bonds. The van der Waals surface area contributed by atoms with Gasteiger partial charge in [-0.1, -0.05) is 30.3 Å². The molecule has 1 aromatic rings. The third kappa shape index (κ3) is 5.96. The van der Waals surface area contributed by atoms with Gasteiger partial charge < -0.3 is 19.5 Å². The van der Waals surface area contributed by atoms with E-state index < -0.39 is 34.9 Å². The summed E-state index contributed by atoms with van der Waals surface area (Å²) < 4.78 is 16.9. The topological polar surface area (TPSA) is 73.9 Å². The van der Waals surface area contributed by atoms with Crippen molar-refractivity contribution in [3.05, 3.63) is 35.9 Å². The van der Waals surface area contributed by atoms with E-state index in [4.69, 9.17) is 14.2 Å². The summed E-state index contributed by atoms with van der Waals surface area (Å²) in [6.45, 7) is 11.1. The zero-order valence-electron chi connectivity index (χ0n) is 17.1. The Morgan fingerprint density at radius 3 is 2.11 bits per heavy atom. The average Bonchev–Trinajstić information content (AvgIpc) is 2.49. The maximum absolute atomic E-state index is 12.9. The summed E-state index contributed by atoms with van der Waals surface area (Å²) >= 11 is 0. The van der Waals surface area contributed by atoms with Crippen LogP contribution in [0, 0.1) is 0 Å². The Hall–Kier alpha value is -2.08. The Labute approximate surface area is 161 Å². The van der Waals surface area contributed by atoms with Gasteiger partial charge in [-0.2, -0.15) is 0 Å². The summed E-state index contributed by atoms with van der Waals surface area (Å²) in [5.41, 5.74) is -1.56. The van der Waals surface area contributed by atoms with Crippen LogP contribution in [-0.4, -0.2) is 34.9 Å². The summed E-state index contributed by atoms with van der Waals surface area (Å²) in [4.78, 5) is 25.3. The van der Waals surface area contributed by atoms with Crippen molar-refractivity contribution >= 4 is 12.1 Å². The lowest BCUT2D eigenvalue weighted by Crippen LogP contribution is -2.70. The highest BCUT2D eigenvalue weighted by Gasteiger charge is 2.57. The van der Waals surface area contributed by atoms with E-state index in [1.54, 1.807) is 41.5 Å². The van der Waals surface area contributed by atoms with Crippen molar-refractivity contribution < 1.29 is 23.8 Å². The third-order valence-electron chi connectivity index (χ3n) is 4.13. The molecule has 0 bridgehead atoms. The first-order valence-electron chi connectivity index (χ1n) is 9.31. The zero-order valence-corrected chi connectivity index (χ0v) is 17.1. The fourth-order valence-corrected chi connectivity index (χ4v) is 2.83. The maximum atomic E-state index is 12.9. The highest BCUT2D eigenvalue weighted by Crippen LogP contribution is 2.38. The second-order valence-electron chi connectivity index (χ2n) is 8.92. The molecule has 1 N–H and O–H groups in total. The molecule has 1 aliphatic rings. The first kappa shape index (κ1) is 21.2.